The maximum atomic E-state index is 5.91. The highest BCUT2D eigenvalue weighted by Gasteiger charge is 2.09. The van der Waals surface area contributed by atoms with Crippen molar-refractivity contribution in [3.8, 4) is 17.2 Å². The number of para-hydroxylation sites is 1. The Morgan fingerprint density at radius 3 is 1.62 bits per heavy atom. The Hall–Kier alpha value is -5.50. The molecule has 0 unspecified atom stereocenters. The molecule has 0 bridgehead atoms. The second-order valence-corrected chi connectivity index (χ2v) is 10.3. The lowest BCUT2D eigenvalue weighted by atomic mass is 10.2. The van der Waals surface area contributed by atoms with Crippen molar-refractivity contribution >= 4 is 11.4 Å². The fraction of sp³-hybridized carbons (Fsp3) is 0.189. The molecule has 8 nitrogen and oxygen atoms in total. The molecule has 0 spiro atoms. The van der Waals surface area contributed by atoms with Crippen LogP contribution in [0.3, 0.4) is 0 Å². The molecule has 0 fully saturated rings. The maximum absolute atomic E-state index is 5.91. The molecule has 0 aliphatic carbocycles. The van der Waals surface area contributed by atoms with Crippen molar-refractivity contribution in [2.45, 2.75) is 33.5 Å². The van der Waals surface area contributed by atoms with E-state index in [1.807, 2.05) is 85.2 Å². The molecule has 2 N–H and O–H groups in total. The van der Waals surface area contributed by atoms with Gasteiger partial charge in [0, 0.05) is 61.4 Å². The minimum atomic E-state index is 0.578. The van der Waals surface area contributed by atoms with Crippen molar-refractivity contribution < 1.29 is 9.47 Å². The molecule has 8 heteroatoms. The van der Waals surface area contributed by atoms with Gasteiger partial charge in [0.15, 0.2) is 0 Å². The number of H-pyrrole nitrogens is 2. The van der Waals surface area contributed by atoms with Crippen LogP contribution in [-0.4, -0.2) is 33.0 Å². The minimum absolute atomic E-state index is 0.578. The van der Waals surface area contributed by atoms with Gasteiger partial charge in [0.2, 0.25) is 0 Å². The number of anilines is 2. The molecule has 4 aromatic carbocycles. The first-order valence-corrected chi connectivity index (χ1v) is 15.3. The topological polar surface area (TPSA) is 82.3 Å². The van der Waals surface area contributed by atoms with E-state index in [0.29, 0.717) is 6.61 Å². The largest absolute Gasteiger partial charge is 0.489 e. The highest BCUT2D eigenvalue weighted by atomic mass is 16.5. The molecule has 2 heterocycles. The monoisotopic (exact) mass is 600 g/mol. The molecule has 45 heavy (non-hydrogen) atoms. The number of imidazole rings is 2. The summed E-state index contributed by atoms with van der Waals surface area (Å²) in [5.41, 5.74) is 3.42. The smallest absolute Gasteiger partial charge is 0.129 e. The number of nitrogens with one attached hydrogen (secondary N) is 2. The highest BCUT2D eigenvalue weighted by molar-refractivity contribution is 5.52. The molecule has 0 amide bonds. The first kappa shape index (κ1) is 30.9. The number of aromatic amines is 2. The Morgan fingerprint density at radius 1 is 0.578 bits per heavy atom. The van der Waals surface area contributed by atoms with Gasteiger partial charge < -0.3 is 29.2 Å². The number of benzene rings is 4. The van der Waals surface area contributed by atoms with E-state index in [1.54, 1.807) is 12.4 Å². The summed E-state index contributed by atoms with van der Waals surface area (Å²) in [7, 11) is 0. The van der Waals surface area contributed by atoms with Crippen LogP contribution < -0.4 is 19.3 Å². The lowest BCUT2D eigenvalue weighted by Crippen LogP contribution is -2.22. The van der Waals surface area contributed by atoms with Gasteiger partial charge >= 0.3 is 0 Å². The first-order chi connectivity index (χ1) is 22.2. The van der Waals surface area contributed by atoms with Crippen LogP contribution in [0.5, 0.6) is 17.2 Å². The van der Waals surface area contributed by atoms with Crippen molar-refractivity contribution in [2.24, 2.45) is 0 Å². The Bertz CT molecular complexity index is 1660. The van der Waals surface area contributed by atoms with Gasteiger partial charge in [0.05, 0.1) is 13.1 Å². The van der Waals surface area contributed by atoms with Gasteiger partial charge in [-0.1, -0.05) is 60.7 Å². The predicted molar refractivity (Wildman–Crippen MR) is 181 cm³/mol. The van der Waals surface area contributed by atoms with E-state index >= 15 is 0 Å². The fourth-order valence-corrected chi connectivity index (χ4v) is 4.78. The molecule has 0 aliphatic heterocycles. The Kier molecular flexibility index (Phi) is 11.3. The summed E-state index contributed by atoms with van der Waals surface area (Å²) in [5.74, 6) is 4.47. The summed E-state index contributed by atoms with van der Waals surface area (Å²) in [6.45, 7) is 8.16. The third-order valence-corrected chi connectivity index (χ3v) is 7.15. The Morgan fingerprint density at radius 2 is 1.09 bits per heavy atom. The molecule has 230 valence electrons. The molecular weight excluding hydrogens is 560 g/mol. The highest BCUT2D eigenvalue weighted by Crippen LogP contribution is 2.27. The van der Waals surface area contributed by atoms with Gasteiger partial charge in [-0.15, -0.1) is 0 Å². The normalized spacial score (nSPS) is 10.4. The predicted octanol–water partition coefficient (Wildman–Crippen LogP) is 8.24. The van der Waals surface area contributed by atoms with E-state index < -0.39 is 0 Å². The van der Waals surface area contributed by atoms with Gasteiger partial charge in [0.25, 0.3) is 0 Å². The minimum Gasteiger partial charge on any atom is -0.489 e. The van der Waals surface area contributed by atoms with E-state index in [9.17, 15) is 0 Å². The molecule has 0 aliphatic rings. The second-order valence-electron chi connectivity index (χ2n) is 10.3. The summed E-state index contributed by atoms with van der Waals surface area (Å²) in [4.78, 5) is 19.4. The summed E-state index contributed by atoms with van der Waals surface area (Å²) < 4.78 is 11.8. The zero-order valence-corrected chi connectivity index (χ0v) is 25.8. The average Bonchev–Trinajstić information content (AvgIpc) is 3.82. The van der Waals surface area contributed by atoms with E-state index in [2.05, 4.69) is 80.0 Å². The van der Waals surface area contributed by atoms with Crippen LogP contribution in [0, 0.1) is 0 Å². The SMILES string of the molecule is CCN(Cc1ncc[nH]1)c1cccc(OCc2ccccc2)c1.CCN(Cc1ncc[nH]1)c1cccc(Oc2ccccc2)c1. The summed E-state index contributed by atoms with van der Waals surface area (Å²) in [6, 6.07) is 36.3. The summed E-state index contributed by atoms with van der Waals surface area (Å²) in [5, 5.41) is 0. The van der Waals surface area contributed by atoms with Crippen LogP contribution in [0.1, 0.15) is 31.1 Å². The van der Waals surface area contributed by atoms with E-state index in [-0.39, 0.29) is 0 Å². The van der Waals surface area contributed by atoms with Crippen molar-refractivity contribution in [2.75, 3.05) is 22.9 Å². The lowest BCUT2D eigenvalue weighted by Gasteiger charge is -2.22. The van der Waals surface area contributed by atoms with Crippen LogP contribution in [0.2, 0.25) is 0 Å². The summed E-state index contributed by atoms with van der Waals surface area (Å²) in [6.07, 6.45) is 7.25. The molecule has 6 aromatic rings. The van der Waals surface area contributed by atoms with Crippen LogP contribution in [0.15, 0.2) is 134 Å². The Labute approximate surface area is 265 Å². The zero-order chi connectivity index (χ0) is 31.1. The molecule has 6 rings (SSSR count). The number of aromatic nitrogens is 4. The van der Waals surface area contributed by atoms with Crippen molar-refractivity contribution in [1.82, 2.24) is 19.9 Å². The molecular formula is C37H40N6O2. The van der Waals surface area contributed by atoms with Gasteiger partial charge in [-0.3, -0.25) is 0 Å². The molecule has 0 saturated heterocycles. The molecule has 0 atom stereocenters. The van der Waals surface area contributed by atoms with Crippen molar-refractivity contribution in [3.63, 3.8) is 0 Å². The Balaban J connectivity index is 0.000000178. The standard InChI is InChI=1S/C19H21N3O.C18H19N3O/c1-2-22(14-19-20-11-12-21-19)17-9-6-10-18(13-17)23-15-16-7-4-3-5-8-16;1-2-21(14-18-19-11-12-20-18)15-7-6-10-17(13-15)22-16-8-4-3-5-9-16/h3-13H,2,14-15H2,1H3,(H,20,21);3-13H,2,14H2,1H3,(H,19,20). The van der Waals surface area contributed by atoms with Crippen LogP contribution in [0.25, 0.3) is 0 Å². The van der Waals surface area contributed by atoms with Crippen molar-refractivity contribution in [3.05, 3.63) is 151 Å². The first-order valence-electron chi connectivity index (χ1n) is 15.3. The fourth-order valence-electron chi connectivity index (χ4n) is 4.78. The van der Waals surface area contributed by atoms with E-state index in [4.69, 9.17) is 9.47 Å². The van der Waals surface area contributed by atoms with Crippen molar-refractivity contribution in [1.29, 1.82) is 0 Å². The van der Waals surface area contributed by atoms with Crippen LogP contribution >= 0.6 is 0 Å². The van der Waals surface area contributed by atoms with Gasteiger partial charge in [-0.05, 0) is 55.8 Å². The molecule has 2 aromatic heterocycles. The second kappa shape index (κ2) is 16.4. The van der Waals surface area contributed by atoms with E-state index in [1.165, 1.54) is 5.56 Å². The van der Waals surface area contributed by atoms with E-state index in [0.717, 1.165) is 66.5 Å². The third kappa shape index (κ3) is 9.49. The zero-order valence-electron chi connectivity index (χ0n) is 25.8. The molecule has 0 radical (unpaired) electrons. The quantitative estimate of drug-likeness (QED) is 0.139. The lowest BCUT2D eigenvalue weighted by molar-refractivity contribution is 0.306. The third-order valence-electron chi connectivity index (χ3n) is 7.15. The van der Waals surface area contributed by atoms with Gasteiger partial charge in [-0.25, -0.2) is 9.97 Å². The maximum Gasteiger partial charge on any atom is 0.129 e. The summed E-state index contributed by atoms with van der Waals surface area (Å²) >= 11 is 0. The van der Waals surface area contributed by atoms with Crippen LogP contribution in [-0.2, 0) is 19.7 Å². The van der Waals surface area contributed by atoms with Gasteiger partial charge in [-0.2, -0.15) is 0 Å². The van der Waals surface area contributed by atoms with Gasteiger partial charge in [0.1, 0.15) is 35.5 Å². The number of nitrogens with zero attached hydrogens (tertiary/aromatic N) is 4. The van der Waals surface area contributed by atoms with Crippen LogP contribution in [0.4, 0.5) is 11.4 Å². The number of ether oxygens (including phenoxy) is 2. The average molecular weight is 601 g/mol. The number of rotatable bonds is 13. The molecule has 0 saturated carbocycles. The number of hydrogen-bond acceptors (Lipinski definition) is 6. The number of hydrogen-bond donors (Lipinski definition) is 2.